The van der Waals surface area contributed by atoms with Gasteiger partial charge in [-0.15, -0.1) is 0 Å². The summed E-state index contributed by atoms with van der Waals surface area (Å²) in [5.41, 5.74) is 2.77. The lowest BCUT2D eigenvalue weighted by molar-refractivity contribution is 0.414. The van der Waals surface area contributed by atoms with E-state index < -0.39 is 0 Å². The highest BCUT2D eigenvalue weighted by Gasteiger charge is 2.03. The first-order valence-electron chi connectivity index (χ1n) is 7.16. The van der Waals surface area contributed by atoms with Gasteiger partial charge in [0.25, 0.3) is 0 Å². The van der Waals surface area contributed by atoms with Crippen LogP contribution in [0.2, 0.25) is 0 Å². The number of hydrogen-bond acceptors (Lipinski definition) is 3. The molecule has 0 saturated carbocycles. The van der Waals surface area contributed by atoms with Crippen LogP contribution in [0.1, 0.15) is 11.3 Å². The molecule has 2 aromatic carbocycles. The van der Waals surface area contributed by atoms with E-state index in [1.165, 1.54) is 0 Å². The highest BCUT2D eigenvalue weighted by Crippen LogP contribution is 2.26. The van der Waals surface area contributed by atoms with Crippen LogP contribution in [0, 0.1) is 0 Å². The van der Waals surface area contributed by atoms with Gasteiger partial charge < -0.3 is 9.47 Å². The van der Waals surface area contributed by atoms with Crippen molar-refractivity contribution >= 4 is 39.0 Å². The summed E-state index contributed by atoms with van der Waals surface area (Å²) in [6.45, 7) is 0. The molecule has 3 aromatic rings. The van der Waals surface area contributed by atoms with E-state index in [1.807, 2.05) is 60.7 Å². The maximum Gasteiger partial charge on any atom is 0.145 e. The van der Waals surface area contributed by atoms with Crippen LogP contribution >= 0.6 is 15.9 Å². The van der Waals surface area contributed by atoms with Gasteiger partial charge in [-0.1, -0.05) is 40.2 Å². The largest absolute Gasteiger partial charge is 0.497 e. The molecular weight excluding hydrogens is 354 g/mol. The lowest BCUT2D eigenvalue weighted by atomic mass is 10.1. The van der Waals surface area contributed by atoms with Gasteiger partial charge in [0.2, 0.25) is 0 Å². The number of hydrogen-bond donors (Lipinski definition) is 0. The number of ether oxygens (including phenoxy) is 2. The Morgan fingerprint density at radius 1 is 0.957 bits per heavy atom. The van der Waals surface area contributed by atoms with Crippen molar-refractivity contribution in [3.8, 4) is 11.5 Å². The third-order valence-electron chi connectivity index (χ3n) is 3.56. The van der Waals surface area contributed by atoms with E-state index in [0.29, 0.717) is 0 Å². The zero-order valence-electron chi connectivity index (χ0n) is 12.9. The molecule has 0 amide bonds. The number of fused-ring (bicyclic) bond motifs is 1. The molecule has 0 atom stereocenters. The number of halogens is 1. The molecule has 4 heteroatoms. The van der Waals surface area contributed by atoms with Gasteiger partial charge in [0.15, 0.2) is 0 Å². The molecular formula is C19H16BrNO2. The molecule has 1 heterocycles. The van der Waals surface area contributed by atoms with Crippen molar-refractivity contribution in [2.75, 3.05) is 14.2 Å². The van der Waals surface area contributed by atoms with Gasteiger partial charge in [-0.3, -0.25) is 0 Å². The Hall–Kier alpha value is -2.33. The Bertz CT molecular complexity index is 874. The van der Waals surface area contributed by atoms with Crippen LogP contribution in [-0.2, 0) is 0 Å². The summed E-state index contributed by atoms with van der Waals surface area (Å²) in [5, 5.41) is 1.06. The summed E-state index contributed by atoms with van der Waals surface area (Å²) in [6, 6.07) is 15.8. The Balaban J connectivity index is 1.98. The number of benzene rings is 2. The van der Waals surface area contributed by atoms with Crippen molar-refractivity contribution < 1.29 is 9.47 Å². The van der Waals surface area contributed by atoms with Crippen LogP contribution in [0.15, 0.2) is 53.0 Å². The van der Waals surface area contributed by atoms with Crippen LogP contribution in [-0.4, -0.2) is 19.2 Å². The second-order valence-corrected chi connectivity index (χ2v) is 5.84. The third-order valence-corrected chi connectivity index (χ3v) is 4.28. The highest BCUT2D eigenvalue weighted by molar-refractivity contribution is 9.10. The van der Waals surface area contributed by atoms with Gasteiger partial charge >= 0.3 is 0 Å². The molecule has 0 unspecified atom stereocenters. The van der Waals surface area contributed by atoms with Crippen molar-refractivity contribution in [1.82, 2.24) is 4.98 Å². The highest BCUT2D eigenvalue weighted by atomic mass is 79.9. The number of rotatable bonds is 4. The molecule has 1 aromatic heterocycles. The summed E-state index contributed by atoms with van der Waals surface area (Å²) in [7, 11) is 3.32. The number of pyridine rings is 1. The van der Waals surface area contributed by atoms with Gasteiger partial charge in [0, 0.05) is 9.86 Å². The lowest BCUT2D eigenvalue weighted by Gasteiger charge is -2.05. The predicted molar refractivity (Wildman–Crippen MR) is 97.9 cm³/mol. The molecule has 0 aliphatic carbocycles. The maximum absolute atomic E-state index is 5.38. The molecule has 116 valence electrons. The number of methoxy groups -OCH3 is 2. The van der Waals surface area contributed by atoms with Gasteiger partial charge in [0.1, 0.15) is 17.0 Å². The SMILES string of the molecule is COc1ccc(Br)c(C=Cc2ccc3cccc(OC)c3n2)c1. The molecule has 0 aliphatic heterocycles. The lowest BCUT2D eigenvalue weighted by Crippen LogP contribution is -1.89. The van der Waals surface area contributed by atoms with E-state index in [4.69, 9.17) is 9.47 Å². The summed E-state index contributed by atoms with van der Waals surface area (Å²) >= 11 is 3.55. The van der Waals surface area contributed by atoms with Gasteiger partial charge in [-0.25, -0.2) is 4.98 Å². The van der Waals surface area contributed by atoms with Crippen LogP contribution in [0.25, 0.3) is 23.1 Å². The molecule has 23 heavy (non-hydrogen) atoms. The Morgan fingerprint density at radius 2 is 1.83 bits per heavy atom. The van der Waals surface area contributed by atoms with E-state index in [9.17, 15) is 0 Å². The topological polar surface area (TPSA) is 31.4 Å². The smallest absolute Gasteiger partial charge is 0.145 e. The zero-order chi connectivity index (χ0) is 16.2. The minimum atomic E-state index is 0.778. The van der Waals surface area contributed by atoms with Crippen LogP contribution in [0.5, 0.6) is 11.5 Å². The van der Waals surface area contributed by atoms with E-state index in [0.717, 1.165) is 38.1 Å². The van der Waals surface area contributed by atoms with Gasteiger partial charge in [-0.05, 0) is 42.0 Å². The van der Waals surface area contributed by atoms with Crippen LogP contribution < -0.4 is 9.47 Å². The Morgan fingerprint density at radius 3 is 2.61 bits per heavy atom. The number of para-hydroxylation sites is 1. The van der Waals surface area contributed by atoms with Gasteiger partial charge in [0.05, 0.1) is 19.9 Å². The summed E-state index contributed by atoms with van der Waals surface area (Å²) in [6.07, 6.45) is 3.99. The first kappa shape index (κ1) is 15.6. The average Bonchev–Trinajstić information content (AvgIpc) is 2.60. The quantitative estimate of drug-likeness (QED) is 0.634. The predicted octanol–water partition coefficient (Wildman–Crippen LogP) is 5.18. The van der Waals surface area contributed by atoms with Crippen LogP contribution in [0.3, 0.4) is 0 Å². The second-order valence-electron chi connectivity index (χ2n) is 4.99. The monoisotopic (exact) mass is 369 g/mol. The fourth-order valence-electron chi connectivity index (χ4n) is 2.34. The summed E-state index contributed by atoms with van der Waals surface area (Å²) in [4.78, 5) is 4.67. The summed E-state index contributed by atoms with van der Waals surface area (Å²) in [5.74, 6) is 1.60. The Labute approximate surface area is 143 Å². The molecule has 0 fully saturated rings. The van der Waals surface area contributed by atoms with Crippen LogP contribution in [0.4, 0.5) is 0 Å². The maximum atomic E-state index is 5.38. The molecule has 3 rings (SSSR count). The van der Waals surface area contributed by atoms with Gasteiger partial charge in [-0.2, -0.15) is 0 Å². The third kappa shape index (κ3) is 3.37. The molecule has 3 nitrogen and oxygen atoms in total. The molecule has 0 spiro atoms. The van der Waals surface area contributed by atoms with E-state index >= 15 is 0 Å². The Kier molecular flexibility index (Phi) is 4.63. The number of aromatic nitrogens is 1. The normalized spacial score (nSPS) is 11.1. The fourth-order valence-corrected chi connectivity index (χ4v) is 2.72. The second kappa shape index (κ2) is 6.84. The average molecular weight is 370 g/mol. The molecule has 0 radical (unpaired) electrons. The first-order valence-corrected chi connectivity index (χ1v) is 7.96. The first-order chi connectivity index (χ1) is 11.2. The van der Waals surface area contributed by atoms with E-state index in [1.54, 1.807) is 14.2 Å². The van der Waals surface area contributed by atoms with Crippen molar-refractivity contribution in [1.29, 1.82) is 0 Å². The van der Waals surface area contributed by atoms with Crippen molar-refractivity contribution in [3.63, 3.8) is 0 Å². The molecule has 0 N–H and O–H groups in total. The fraction of sp³-hybridized carbons (Fsp3) is 0.105. The van der Waals surface area contributed by atoms with E-state index in [2.05, 4.69) is 20.9 Å². The number of nitrogens with zero attached hydrogens (tertiary/aromatic N) is 1. The summed E-state index contributed by atoms with van der Waals surface area (Å²) < 4.78 is 11.7. The van der Waals surface area contributed by atoms with Crippen molar-refractivity contribution in [2.24, 2.45) is 0 Å². The molecule has 0 aliphatic rings. The van der Waals surface area contributed by atoms with Crippen molar-refractivity contribution in [3.05, 3.63) is 64.3 Å². The molecule has 0 bridgehead atoms. The minimum absolute atomic E-state index is 0.778. The standard InChI is InChI=1S/C19H16BrNO2/c1-22-16-10-11-17(20)14(12-16)7-9-15-8-6-13-4-3-5-18(23-2)19(13)21-15/h3-12H,1-2H3. The van der Waals surface area contributed by atoms with E-state index in [-0.39, 0.29) is 0 Å². The zero-order valence-corrected chi connectivity index (χ0v) is 14.5. The van der Waals surface area contributed by atoms with Crippen molar-refractivity contribution in [2.45, 2.75) is 0 Å². The molecule has 0 saturated heterocycles. The minimum Gasteiger partial charge on any atom is -0.497 e.